The van der Waals surface area contributed by atoms with E-state index >= 15 is 0 Å². The molecule has 1 saturated heterocycles. The Morgan fingerprint density at radius 2 is 1.92 bits per heavy atom. The van der Waals surface area contributed by atoms with Crippen molar-refractivity contribution in [2.45, 2.75) is 32.6 Å². The smallest absolute Gasteiger partial charge is 0.312 e. The highest BCUT2D eigenvalue weighted by Gasteiger charge is 2.31. The number of amides is 1. The summed E-state index contributed by atoms with van der Waals surface area (Å²) in [5, 5.41) is 0. The number of esters is 1. The van der Waals surface area contributed by atoms with Crippen LogP contribution in [0.25, 0.3) is 0 Å². The van der Waals surface area contributed by atoms with Gasteiger partial charge in [0.2, 0.25) is 5.78 Å². The SMILES string of the molecule is COC(=O)C1COCCN(C(=O)C(=O)Cc2ccccc2C(C)(C)C)C1. The molecule has 1 aliphatic heterocycles. The highest BCUT2D eigenvalue weighted by molar-refractivity contribution is 6.36. The Kier molecular flexibility index (Phi) is 6.53. The molecule has 1 heterocycles. The molecule has 0 bridgehead atoms. The number of hydrogen-bond acceptors (Lipinski definition) is 5. The fourth-order valence-electron chi connectivity index (χ4n) is 3.14. The van der Waals surface area contributed by atoms with E-state index in [2.05, 4.69) is 20.8 Å². The van der Waals surface area contributed by atoms with E-state index in [1.807, 2.05) is 24.3 Å². The van der Waals surface area contributed by atoms with Crippen LogP contribution in [0.5, 0.6) is 0 Å². The maximum atomic E-state index is 12.6. The number of carbonyl (C=O) groups excluding carboxylic acids is 3. The Hall–Kier alpha value is -2.21. The zero-order valence-corrected chi connectivity index (χ0v) is 15.9. The molecule has 0 N–H and O–H groups in total. The van der Waals surface area contributed by atoms with Crippen LogP contribution in [-0.2, 0) is 35.7 Å². The van der Waals surface area contributed by atoms with Crippen molar-refractivity contribution >= 4 is 17.7 Å². The van der Waals surface area contributed by atoms with Gasteiger partial charge in [-0.05, 0) is 16.5 Å². The van der Waals surface area contributed by atoms with Gasteiger partial charge in [0.25, 0.3) is 5.91 Å². The molecule has 1 aromatic rings. The molecule has 6 nitrogen and oxygen atoms in total. The lowest BCUT2D eigenvalue weighted by atomic mass is 9.82. The van der Waals surface area contributed by atoms with Gasteiger partial charge in [-0.15, -0.1) is 0 Å². The Balaban J connectivity index is 2.12. The lowest BCUT2D eigenvalue weighted by molar-refractivity contribution is -0.149. The van der Waals surface area contributed by atoms with Gasteiger partial charge in [0.05, 0.1) is 26.2 Å². The van der Waals surface area contributed by atoms with E-state index in [4.69, 9.17) is 9.47 Å². The van der Waals surface area contributed by atoms with Crippen molar-refractivity contribution in [3.05, 3.63) is 35.4 Å². The van der Waals surface area contributed by atoms with Gasteiger partial charge in [0.1, 0.15) is 0 Å². The monoisotopic (exact) mass is 361 g/mol. The lowest BCUT2D eigenvalue weighted by Crippen LogP contribution is -2.42. The van der Waals surface area contributed by atoms with Crippen LogP contribution in [-0.4, -0.2) is 56.0 Å². The lowest BCUT2D eigenvalue weighted by Gasteiger charge is -2.24. The number of carbonyl (C=O) groups is 3. The second-order valence-corrected chi connectivity index (χ2v) is 7.55. The minimum Gasteiger partial charge on any atom is -0.469 e. The van der Waals surface area contributed by atoms with Gasteiger partial charge in [-0.2, -0.15) is 0 Å². The Morgan fingerprint density at radius 3 is 2.58 bits per heavy atom. The Morgan fingerprint density at radius 1 is 1.23 bits per heavy atom. The Bertz CT molecular complexity index is 677. The molecule has 0 aromatic heterocycles. The largest absolute Gasteiger partial charge is 0.469 e. The standard InChI is InChI=1S/C20H27NO5/c1-20(2,3)16-8-6-5-7-14(16)11-17(22)18(23)21-9-10-26-13-15(12-21)19(24)25-4/h5-8,15H,9-13H2,1-4H3. The van der Waals surface area contributed by atoms with Crippen molar-refractivity contribution < 1.29 is 23.9 Å². The summed E-state index contributed by atoms with van der Waals surface area (Å²) in [4.78, 5) is 38.4. The summed E-state index contributed by atoms with van der Waals surface area (Å²) < 4.78 is 10.1. The second kappa shape index (κ2) is 8.45. The van der Waals surface area contributed by atoms with Crippen molar-refractivity contribution in [1.82, 2.24) is 4.90 Å². The van der Waals surface area contributed by atoms with Crippen LogP contribution in [0.4, 0.5) is 0 Å². The van der Waals surface area contributed by atoms with Gasteiger partial charge < -0.3 is 14.4 Å². The number of ketones is 1. The molecule has 0 aliphatic carbocycles. The zero-order valence-electron chi connectivity index (χ0n) is 15.9. The fraction of sp³-hybridized carbons (Fsp3) is 0.550. The number of benzene rings is 1. The van der Waals surface area contributed by atoms with Gasteiger partial charge in [0, 0.05) is 19.5 Å². The number of ether oxygens (including phenoxy) is 2. The van der Waals surface area contributed by atoms with Crippen molar-refractivity contribution in [3.8, 4) is 0 Å². The molecule has 1 aliphatic rings. The summed E-state index contributed by atoms with van der Waals surface area (Å²) in [5.41, 5.74) is 1.79. The van der Waals surface area contributed by atoms with Crippen LogP contribution in [0, 0.1) is 5.92 Å². The second-order valence-electron chi connectivity index (χ2n) is 7.55. The first-order valence-electron chi connectivity index (χ1n) is 8.80. The molecule has 142 valence electrons. The molecular formula is C20H27NO5. The summed E-state index contributed by atoms with van der Waals surface area (Å²) in [6.07, 6.45) is 0.0481. The molecule has 1 amide bonds. The van der Waals surface area contributed by atoms with E-state index in [0.29, 0.717) is 13.2 Å². The molecule has 6 heteroatoms. The minimum atomic E-state index is -0.576. The maximum absolute atomic E-state index is 12.6. The highest BCUT2D eigenvalue weighted by atomic mass is 16.5. The van der Waals surface area contributed by atoms with E-state index in [1.54, 1.807) is 0 Å². The van der Waals surface area contributed by atoms with E-state index in [9.17, 15) is 14.4 Å². The molecule has 1 atom stereocenters. The first kappa shape index (κ1) is 20.1. The third-order valence-corrected chi connectivity index (χ3v) is 4.50. The molecule has 0 radical (unpaired) electrons. The van der Waals surface area contributed by atoms with Gasteiger partial charge in [0.15, 0.2) is 0 Å². The van der Waals surface area contributed by atoms with E-state index in [1.165, 1.54) is 12.0 Å². The average Bonchev–Trinajstić information content (AvgIpc) is 2.86. The number of Topliss-reactive ketones (excluding diaryl/α,β-unsaturated/α-hetero) is 1. The minimum absolute atomic E-state index is 0.0481. The van der Waals surface area contributed by atoms with Gasteiger partial charge in [-0.1, -0.05) is 45.0 Å². The molecule has 1 aromatic carbocycles. The predicted molar refractivity (Wildman–Crippen MR) is 96.8 cm³/mol. The summed E-state index contributed by atoms with van der Waals surface area (Å²) in [7, 11) is 1.30. The van der Waals surface area contributed by atoms with Crippen molar-refractivity contribution in [3.63, 3.8) is 0 Å². The zero-order chi connectivity index (χ0) is 19.3. The van der Waals surface area contributed by atoms with E-state index in [-0.39, 0.29) is 25.0 Å². The van der Waals surface area contributed by atoms with Gasteiger partial charge in [-0.3, -0.25) is 14.4 Å². The highest BCUT2D eigenvalue weighted by Crippen LogP contribution is 2.26. The summed E-state index contributed by atoms with van der Waals surface area (Å²) in [6.45, 7) is 7.14. The van der Waals surface area contributed by atoms with Crippen LogP contribution in [0.15, 0.2) is 24.3 Å². The molecule has 0 spiro atoms. The van der Waals surface area contributed by atoms with Gasteiger partial charge in [-0.25, -0.2) is 0 Å². The topological polar surface area (TPSA) is 72.9 Å². The average molecular weight is 361 g/mol. The third kappa shape index (κ3) is 4.91. The molecule has 2 rings (SSSR count). The molecule has 0 saturated carbocycles. The van der Waals surface area contributed by atoms with E-state index < -0.39 is 23.6 Å². The van der Waals surface area contributed by atoms with Crippen LogP contribution >= 0.6 is 0 Å². The fourth-order valence-corrected chi connectivity index (χ4v) is 3.14. The first-order valence-corrected chi connectivity index (χ1v) is 8.80. The van der Waals surface area contributed by atoms with Crippen LogP contribution in [0.1, 0.15) is 31.9 Å². The number of hydrogen-bond donors (Lipinski definition) is 0. The van der Waals surface area contributed by atoms with Crippen LogP contribution < -0.4 is 0 Å². The summed E-state index contributed by atoms with van der Waals surface area (Å²) >= 11 is 0. The van der Waals surface area contributed by atoms with Crippen LogP contribution in [0.3, 0.4) is 0 Å². The van der Waals surface area contributed by atoms with Crippen molar-refractivity contribution in [2.24, 2.45) is 5.92 Å². The predicted octanol–water partition coefficient (Wildman–Crippen LogP) is 1.74. The molecule has 1 fully saturated rings. The maximum Gasteiger partial charge on any atom is 0.312 e. The van der Waals surface area contributed by atoms with Gasteiger partial charge >= 0.3 is 5.97 Å². The number of rotatable bonds is 4. The molecular weight excluding hydrogens is 334 g/mol. The quantitative estimate of drug-likeness (QED) is 0.603. The third-order valence-electron chi connectivity index (χ3n) is 4.50. The summed E-state index contributed by atoms with van der Waals surface area (Å²) in [5.74, 6) is -2.06. The van der Waals surface area contributed by atoms with E-state index in [0.717, 1.165) is 11.1 Å². The first-order chi connectivity index (χ1) is 12.2. The number of methoxy groups -OCH3 is 1. The van der Waals surface area contributed by atoms with Crippen molar-refractivity contribution in [1.29, 1.82) is 0 Å². The summed E-state index contributed by atoms with van der Waals surface area (Å²) in [6, 6.07) is 7.67. The van der Waals surface area contributed by atoms with Crippen molar-refractivity contribution in [2.75, 3.05) is 33.4 Å². The van der Waals surface area contributed by atoms with Crippen LogP contribution in [0.2, 0.25) is 0 Å². The number of nitrogens with zero attached hydrogens (tertiary/aromatic N) is 1. The normalized spacial score (nSPS) is 18.2. The molecule has 1 unspecified atom stereocenters. The Labute approximate surface area is 154 Å². The molecule has 26 heavy (non-hydrogen) atoms.